The number of nitrogens with zero attached hydrogens (tertiary/aromatic N) is 1. The summed E-state index contributed by atoms with van der Waals surface area (Å²) in [5, 5.41) is 0. The van der Waals surface area contributed by atoms with Crippen LogP contribution in [-0.4, -0.2) is 42.6 Å². The summed E-state index contributed by atoms with van der Waals surface area (Å²) >= 11 is 0. The minimum Gasteiger partial charge on any atom is -0.465 e. The summed E-state index contributed by atoms with van der Waals surface area (Å²) in [5.41, 5.74) is 6.01. The molecule has 0 bridgehead atoms. The number of carbonyl (C=O) groups excluding carboxylic acids is 1. The maximum Gasteiger partial charge on any atom is 0.323 e. The number of rotatable bonds is 4. The van der Waals surface area contributed by atoms with E-state index in [1.54, 1.807) is 0 Å². The third-order valence-corrected chi connectivity index (χ3v) is 4.21. The maximum atomic E-state index is 11.9. The molecule has 4 nitrogen and oxygen atoms in total. The first kappa shape index (κ1) is 13.8. The van der Waals surface area contributed by atoms with Gasteiger partial charge < -0.3 is 10.5 Å². The van der Waals surface area contributed by atoms with Gasteiger partial charge in [-0.3, -0.25) is 9.69 Å². The minimum atomic E-state index is -0.0955. The maximum absolute atomic E-state index is 11.9. The largest absolute Gasteiger partial charge is 0.465 e. The smallest absolute Gasteiger partial charge is 0.323 e. The van der Waals surface area contributed by atoms with Crippen molar-refractivity contribution in [1.29, 1.82) is 0 Å². The molecule has 2 N–H and O–H groups in total. The summed E-state index contributed by atoms with van der Waals surface area (Å²) in [6.45, 7) is 4.19. The molecule has 1 saturated heterocycles. The molecule has 1 aliphatic carbocycles. The quantitative estimate of drug-likeness (QED) is 0.773. The average Bonchev–Trinajstić information content (AvgIpc) is 2.72. The Kier molecular flexibility index (Phi) is 5.01. The zero-order chi connectivity index (χ0) is 13.0. The second-order valence-corrected chi connectivity index (χ2v) is 5.72. The van der Waals surface area contributed by atoms with E-state index in [4.69, 9.17) is 10.5 Å². The highest BCUT2D eigenvalue weighted by atomic mass is 16.5. The second kappa shape index (κ2) is 6.53. The Hall–Kier alpha value is -0.610. The molecule has 2 fully saturated rings. The van der Waals surface area contributed by atoms with Crippen molar-refractivity contribution in [2.24, 2.45) is 11.7 Å². The van der Waals surface area contributed by atoms with Crippen LogP contribution in [0.5, 0.6) is 0 Å². The molecular formula is C14H26N2O2. The Morgan fingerprint density at radius 2 is 2.06 bits per heavy atom. The highest BCUT2D eigenvalue weighted by molar-refractivity contribution is 5.76. The molecule has 2 rings (SSSR count). The van der Waals surface area contributed by atoms with Crippen molar-refractivity contribution >= 4 is 5.97 Å². The van der Waals surface area contributed by atoms with E-state index in [-0.39, 0.29) is 18.1 Å². The standard InChI is InChI=1S/C14H26N2O2/c1-2-18-14(17)13-8-12(15)10-16(13)9-11-6-4-3-5-7-11/h11-13H,2-10,15H2,1H3/t12-,13?/m0/s1. The lowest BCUT2D eigenvalue weighted by molar-refractivity contribution is -0.148. The first-order valence-corrected chi connectivity index (χ1v) is 7.37. The number of likely N-dealkylation sites (tertiary alicyclic amines) is 1. The Balaban J connectivity index is 1.89. The van der Waals surface area contributed by atoms with Crippen molar-refractivity contribution in [3.63, 3.8) is 0 Å². The Morgan fingerprint density at radius 3 is 2.72 bits per heavy atom. The predicted octanol–water partition coefficient (Wildman–Crippen LogP) is 1.53. The highest BCUT2D eigenvalue weighted by Crippen LogP contribution is 2.27. The lowest BCUT2D eigenvalue weighted by Crippen LogP contribution is -2.40. The van der Waals surface area contributed by atoms with Crippen LogP contribution in [0.4, 0.5) is 0 Å². The first-order valence-electron chi connectivity index (χ1n) is 7.37. The van der Waals surface area contributed by atoms with Crippen molar-refractivity contribution in [2.75, 3.05) is 19.7 Å². The lowest BCUT2D eigenvalue weighted by atomic mass is 9.89. The third-order valence-electron chi connectivity index (χ3n) is 4.21. The monoisotopic (exact) mass is 254 g/mol. The van der Waals surface area contributed by atoms with Gasteiger partial charge in [0.15, 0.2) is 0 Å². The Morgan fingerprint density at radius 1 is 1.33 bits per heavy atom. The number of esters is 1. The van der Waals surface area contributed by atoms with Gasteiger partial charge in [-0.25, -0.2) is 0 Å². The van der Waals surface area contributed by atoms with E-state index >= 15 is 0 Å². The molecule has 4 heteroatoms. The van der Waals surface area contributed by atoms with E-state index in [1.165, 1.54) is 32.1 Å². The molecule has 1 unspecified atom stereocenters. The van der Waals surface area contributed by atoms with Gasteiger partial charge in [-0.2, -0.15) is 0 Å². The van der Waals surface area contributed by atoms with Crippen molar-refractivity contribution in [3.8, 4) is 0 Å². The van der Waals surface area contributed by atoms with Crippen LogP contribution in [-0.2, 0) is 9.53 Å². The number of hydrogen-bond donors (Lipinski definition) is 1. The molecule has 1 aliphatic heterocycles. The van der Waals surface area contributed by atoms with Crippen LogP contribution in [0.2, 0.25) is 0 Å². The average molecular weight is 254 g/mol. The summed E-state index contributed by atoms with van der Waals surface area (Å²) in [6, 6.07) is 0.0323. The normalized spacial score (nSPS) is 30.6. The van der Waals surface area contributed by atoms with Gasteiger partial charge in [0.05, 0.1) is 6.61 Å². The van der Waals surface area contributed by atoms with Gasteiger partial charge >= 0.3 is 5.97 Å². The van der Waals surface area contributed by atoms with E-state index in [0.717, 1.165) is 25.4 Å². The summed E-state index contributed by atoms with van der Waals surface area (Å²) in [6.07, 6.45) is 7.43. The van der Waals surface area contributed by atoms with Crippen LogP contribution in [0.1, 0.15) is 45.4 Å². The van der Waals surface area contributed by atoms with Gasteiger partial charge in [0.25, 0.3) is 0 Å². The number of hydrogen-bond acceptors (Lipinski definition) is 4. The SMILES string of the molecule is CCOC(=O)C1C[C@H](N)CN1CC1CCCCC1. The van der Waals surface area contributed by atoms with Gasteiger partial charge in [0.2, 0.25) is 0 Å². The molecule has 18 heavy (non-hydrogen) atoms. The van der Waals surface area contributed by atoms with Crippen molar-refractivity contribution in [3.05, 3.63) is 0 Å². The van der Waals surface area contributed by atoms with Gasteiger partial charge in [0, 0.05) is 19.1 Å². The van der Waals surface area contributed by atoms with Crippen molar-refractivity contribution < 1.29 is 9.53 Å². The second-order valence-electron chi connectivity index (χ2n) is 5.72. The number of ether oxygens (including phenoxy) is 1. The summed E-state index contributed by atoms with van der Waals surface area (Å²) < 4.78 is 5.16. The molecule has 0 amide bonds. The summed E-state index contributed by atoms with van der Waals surface area (Å²) in [4.78, 5) is 14.2. The van der Waals surface area contributed by atoms with Crippen molar-refractivity contribution in [1.82, 2.24) is 4.90 Å². The van der Waals surface area contributed by atoms with Crippen LogP contribution in [0, 0.1) is 5.92 Å². The summed E-state index contributed by atoms with van der Waals surface area (Å²) in [5.74, 6) is 0.669. The van der Waals surface area contributed by atoms with Crippen molar-refractivity contribution in [2.45, 2.75) is 57.5 Å². The van der Waals surface area contributed by atoms with Crippen LogP contribution in [0.25, 0.3) is 0 Å². The molecule has 0 aromatic rings. The molecule has 0 spiro atoms. The van der Waals surface area contributed by atoms with Crippen LogP contribution < -0.4 is 5.73 Å². The van der Waals surface area contributed by atoms with Gasteiger partial charge in [-0.05, 0) is 32.1 Å². The summed E-state index contributed by atoms with van der Waals surface area (Å²) in [7, 11) is 0. The number of nitrogens with two attached hydrogens (primary N) is 1. The molecule has 0 aromatic carbocycles. The van der Waals surface area contributed by atoms with E-state index in [0.29, 0.717) is 6.61 Å². The molecular weight excluding hydrogens is 228 g/mol. The zero-order valence-corrected chi connectivity index (χ0v) is 11.4. The van der Waals surface area contributed by atoms with E-state index in [1.807, 2.05) is 6.92 Å². The Bertz CT molecular complexity index is 277. The molecule has 1 saturated carbocycles. The van der Waals surface area contributed by atoms with E-state index in [2.05, 4.69) is 4.90 Å². The van der Waals surface area contributed by atoms with Crippen LogP contribution in [0.3, 0.4) is 0 Å². The molecule has 1 heterocycles. The highest BCUT2D eigenvalue weighted by Gasteiger charge is 2.37. The first-order chi connectivity index (χ1) is 8.70. The van der Waals surface area contributed by atoms with E-state index in [9.17, 15) is 4.79 Å². The predicted molar refractivity (Wildman–Crippen MR) is 71.2 cm³/mol. The van der Waals surface area contributed by atoms with Gasteiger partial charge in [-0.15, -0.1) is 0 Å². The Labute approximate surface area is 110 Å². The van der Waals surface area contributed by atoms with E-state index < -0.39 is 0 Å². The van der Waals surface area contributed by atoms with Gasteiger partial charge in [-0.1, -0.05) is 19.3 Å². The fraction of sp³-hybridized carbons (Fsp3) is 0.929. The lowest BCUT2D eigenvalue weighted by Gasteiger charge is -2.29. The fourth-order valence-electron chi connectivity index (χ4n) is 3.33. The van der Waals surface area contributed by atoms with Gasteiger partial charge in [0.1, 0.15) is 6.04 Å². The number of carbonyl (C=O) groups is 1. The molecule has 0 aromatic heterocycles. The van der Waals surface area contributed by atoms with Crippen LogP contribution in [0.15, 0.2) is 0 Å². The molecule has 2 atom stereocenters. The topological polar surface area (TPSA) is 55.6 Å². The zero-order valence-electron chi connectivity index (χ0n) is 11.4. The molecule has 0 radical (unpaired) electrons. The molecule has 104 valence electrons. The third kappa shape index (κ3) is 3.45. The van der Waals surface area contributed by atoms with Crippen LogP contribution >= 0.6 is 0 Å². The fourth-order valence-corrected chi connectivity index (χ4v) is 3.33. The minimum absolute atomic E-state index is 0.0822. The molecule has 2 aliphatic rings.